The molecule has 4 unspecified atom stereocenters. The molecule has 7 saturated carbocycles. The van der Waals surface area contributed by atoms with Crippen LogP contribution in [-0.2, 0) is 49.6 Å². The maximum atomic E-state index is 8.98. The van der Waals surface area contributed by atoms with Crippen LogP contribution in [0.3, 0.4) is 0 Å². The maximum absolute atomic E-state index is 8.98. The molecule has 4 atom stereocenters. The number of benzene rings is 4. The van der Waals surface area contributed by atoms with Gasteiger partial charge in [-0.05, 0) is 130 Å². The Balaban J connectivity index is 1.03. The molecule has 0 N–H and O–H groups in total. The van der Waals surface area contributed by atoms with Gasteiger partial charge in [0, 0.05) is 38.8 Å². The molecule has 13 nitrogen and oxygen atoms in total. The summed E-state index contributed by atoms with van der Waals surface area (Å²) >= 11 is 0. The average molecular weight is 1240 g/mol. The number of fused-ring (bicyclic) bond motifs is 5. The summed E-state index contributed by atoms with van der Waals surface area (Å²) < 4.78 is 112. The van der Waals surface area contributed by atoms with Crippen LogP contribution in [0.5, 0.6) is 5.75 Å². The van der Waals surface area contributed by atoms with E-state index in [1.807, 2.05) is 0 Å². The van der Waals surface area contributed by atoms with Gasteiger partial charge in [0.25, 0.3) is 0 Å². The van der Waals surface area contributed by atoms with E-state index in [1.165, 1.54) is 10.4 Å². The zero-order valence-electron chi connectivity index (χ0n) is 46.9. The number of hydrogen-bond donors (Lipinski definition) is 0. The van der Waals surface area contributed by atoms with E-state index >= 15 is 0 Å². The minimum Gasteiger partial charge on any atom is -0.428 e. The van der Waals surface area contributed by atoms with Crippen LogP contribution in [0.1, 0.15) is 180 Å². The lowest BCUT2D eigenvalue weighted by Gasteiger charge is -2.63. The van der Waals surface area contributed by atoms with Crippen molar-refractivity contribution in [3.63, 3.8) is 0 Å². The first-order valence-corrected chi connectivity index (χ1v) is 47.7. The second-order valence-corrected chi connectivity index (χ2v) is 53.5. The predicted octanol–water partition coefficient (Wildman–Crippen LogP) is 15.3. The van der Waals surface area contributed by atoms with Crippen molar-refractivity contribution in [1.29, 1.82) is 0 Å². The highest BCUT2D eigenvalue weighted by Gasteiger charge is 2.85. The van der Waals surface area contributed by atoms with Crippen molar-refractivity contribution < 1.29 is 54.1 Å². The van der Waals surface area contributed by atoms with Crippen LogP contribution >= 0.6 is 8.60 Å². The molecule has 0 amide bonds. The number of hydrogen-bond acceptors (Lipinski definition) is 13. The molecule has 4 heterocycles. The second kappa shape index (κ2) is 22.1. The van der Waals surface area contributed by atoms with E-state index in [-0.39, 0.29) is 38.8 Å². The molecule has 7 aliphatic carbocycles. The fourth-order valence-electron chi connectivity index (χ4n) is 16.6. The van der Waals surface area contributed by atoms with E-state index < -0.39 is 78.6 Å². The molecule has 11 fully saturated rings. The Morgan fingerprint density at radius 3 is 1.05 bits per heavy atom. The lowest BCUT2D eigenvalue weighted by molar-refractivity contribution is -0.0133. The van der Waals surface area contributed by atoms with Crippen LogP contribution in [0.2, 0.25) is 45.3 Å². The quantitative estimate of drug-likeness (QED) is 0.0934. The van der Waals surface area contributed by atoms with Gasteiger partial charge in [-0.15, -0.1) is 0 Å². The van der Waals surface area contributed by atoms with Crippen LogP contribution in [-0.4, -0.2) is 69.9 Å². The third-order valence-electron chi connectivity index (χ3n) is 20.8. The topological polar surface area (TPSA) is 120 Å². The summed E-state index contributed by atoms with van der Waals surface area (Å²) in [5.74, 6) is 0.666. The zero-order valence-corrected chi connectivity index (χ0v) is 55.8. The minimum atomic E-state index is -4.33. The molecule has 15 rings (SSSR count). The Bertz CT molecular complexity index is 2710. The van der Waals surface area contributed by atoms with E-state index in [1.54, 1.807) is 0 Å². The fraction of sp³-hybridized carbons (Fsp3) is 0.621. The van der Waals surface area contributed by atoms with Crippen molar-refractivity contribution in [3.8, 4) is 5.75 Å². The molecule has 0 spiro atoms. The molecule has 4 aromatic carbocycles. The van der Waals surface area contributed by atoms with Crippen LogP contribution in [0.15, 0.2) is 103 Å². The smallest absolute Gasteiger partial charge is 0.428 e. The van der Waals surface area contributed by atoms with E-state index in [9.17, 15) is 0 Å². The SMILES string of the molecule is C[Si](O[Si]1(C2CCCC2)O[Si]2(C3CCCC3)O[Si]3(C4CCCC4)OP(Oc4ccc5ccccc5c4)O[Si]4(C5CCCC5)O[Si](C5CCCC5)(O3)O[Si](C3CCCC3)(O2)O[Si](C2CCCC2)(O4)O1)(c1ccccc1)c1ccccc1. The molecule has 22 heteroatoms. The third-order valence-corrected chi connectivity index (χ3v) is 61.6. The van der Waals surface area contributed by atoms with Gasteiger partial charge in [-0.2, -0.15) is 0 Å². The first-order valence-electron chi connectivity index (χ1n) is 31.6. The molecule has 11 aliphatic rings. The van der Waals surface area contributed by atoms with E-state index in [2.05, 4.69) is 110 Å². The average Bonchev–Trinajstić information content (AvgIpc) is 4.52. The standard InChI is InChI=1S/C58H83O13PSi8/c1-73(50-26-4-2-5-27-50,51-28-6-3-7-29-51)62-76(54-34-14-15-35-54)67-78(56-38-18-19-39-56)65-74(52-30-10-11-31-52)60-72(59-49-45-44-47-24-8-9-25-48(47)46-49)61-75(53-32-12-13-33-53)64-77(63-74,55-36-16-17-37-55)69-80(70-78,58-42-22-23-43-58)71-79(66-75,68-76)57-40-20-21-41-57/h2-9,24-29,44-46,52-58H,10-23,30-43H2,1H3. The Labute approximate surface area is 484 Å². The van der Waals surface area contributed by atoms with Gasteiger partial charge in [-0.25, -0.2) is 0 Å². The van der Waals surface area contributed by atoms with Gasteiger partial charge >= 0.3 is 70.2 Å². The maximum Gasteiger partial charge on any atom is 0.496 e. The molecular formula is C58H83O13PSi8. The first-order chi connectivity index (χ1) is 39.1. The highest BCUT2D eigenvalue weighted by atomic mass is 31.2. The highest BCUT2D eigenvalue weighted by molar-refractivity contribution is 7.46. The van der Waals surface area contributed by atoms with Crippen molar-refractivity contribution >= 4 is 99.7 Å². The second-order valence-electron chi connectivity index (χ2n) is 25.9. The monoisotopic (exact) mass is 1240 g/mol. The van der Waals surface area contributed by atoms with E-state index in [4.69, 9.17) is 54.1 Å². The van der Waals surface area contributed by atoms with Crippen molar-refractivity contribution in [2.45, 2.75) is 225 Å². The van der Waals surface area contributed by atoms with Crippen LogP contribution in [0.25, 0.3) is 10.8 Å². The van der Waals surface area contributed by atoms with Gasteiger partial charge in [-0.1, -0.05) is 181 Å². The Kier molecular flexibility index (Phi) is 15.3. The Morgan fingerprint density at radius 1 is 0.350 bits per heavy atom. The van der Waals surface area contributed by atoms with Crippen LogP contribution in [0, 0.1) is 0 Å². The van der Waals surface area contributed by atoms with Crippen molar-refractivity contribution in [3.05, 3.63) is 103 Å². The van der Waals surface area contributed by atoms with Gasteiger partial charge in [-0.3, -0.25) is 8.43 Å². The molecule has 80 heavy (non-hydrogen) atoms. The van der Waals surface area contributed by atoms with Gasteiger partial charge in [0.1, 0.15) is 5.75 Å². The fourth-order valence-corrected chi connectivity index (χ4v) is 71.6. The van der Waals surface area contributed by atoms with Gasteiger partial charge in [0.15, 0.2) is 0 Å². The van der Waals surface area contributed by atoms with E-state index in [0.717, 1.165) is 191 Å². The van der Waals surface area contributed by atoms with Crippen molar-refractivity contribution in [2.24, 2.45) is 0 Å². The molecule has 6 bridgehead atoms. The molecule has 0 radical (unpaired) electrons. The molecule has 4 aliphatic heterocycles. The van der Waals surface area contributed by atoms with Crippen LogP contribution < -0.4 is 14.9 Å². The summed E-state index contributed by atoms with van der Waals surface area (Å²) in [4.78, 5) is 0. The predicted molar refractivity (Wildman–Crippen MR) is 324 cm³/mol. The van der Waals surface area contributed by atoms with Gasteiger partial charge < -0.3 is 45.7 Å². The Hall–Kier alpha value is -1.37. The summed E-state index contributed by atoms with van der Waals surface area (Å²) in [6.07, 6.45) is 27.3. The minimum absolute atomic E-state index is 0.0283. The first kappa shape index (κ1) is 55.2. The summed E-state index contributed by atoms with van der Waals surface area (Å²) in [5, 5.41) is 4.56. The third kappa shape index (κ3) is 9.79. The molecule has 0 aromatic heterocycles. The highest BCUT2D eigenvalue weighted by Crippen LogP contribution is 2.67. The summed E-state index contributed by atoms with van der Waals surface area (Å²) in [7, 11) is -35.3. The van der Waals surface area contributed by atoms with Crippen molar-refractivity contribution in [1.82, 2.24) is 0 Å². The Morgan fingerprint density at radius 2 is 0.662 bits per heavy atom. The normalized spacial score (nSPS) is 38.3. The summed E-state index contributed by atoms with van der Waals surface area (Å²) in [5.41, 5.74) is -0.517. The summed E-state index contributed by atoms with van der Waals surface area (Å²) in [6, 6.07) is 36.8. The van der Waals surface area contributed by atoms with Crippen LogP contribution in [0.4, 0.5) is 0 Å². The molecular weight excluding hydrogens is 1160 g/mol. The largest absolute Gasteiger partial charge is 0.496 e. The van der Waals surface area contributed by atoms with Crippen molar-refractivity contribution in [2.75, 3.05) is 0 Å². The molecule has 430 valence electrons. The zero-order chi connectivity index (χ0) is 53.5. The van der Waals surface area contributed by atoms with Gasteiger partial charge in [0.05, 0.1) is 0 Å². The van der Waals surface area contributed by atoms with Gasteiger partial charge in [0.2, 0.25) is 8.32 Å². The lowest BCUT2D eigenvalue weighted by Crippen LogP contribution is -2.86. The lowest BCUT2D eigenvalue weighted by atomic mass is 10.1. The number of rotatable bonds is 13. The summed E-state index contributed by atoms with van der Waals surface area (Å²) in [6.45, 7) is 2.39. The molecule has 4 aromatic rings. The molecule has 4 saturated heterocycles. The van der Waals surface area contributed by atoms with E-state index in [0.29, 0.717) is 5.75 Å².